The summed E-state index contributed by atoms with van der Waals surface area (Å²) in [5.41, 5.74) is 0.684. The Balaban J connectivity index is 2.43. The number of para-hydroxylation sites is 1. The van der Waals surface area contributed by atoms with Crippen LogP contribution in [0.4, 0.5) is 0 Å². The number of benzene rings is 1. The van der Waals surface area contributed by atoms with Crippen molar-refractivity contribution in [2.75, 3.05) is 5.75 Å². The summed E-state index contributed by atoms with van der Waals surface area (Å²) in [6.45, 7) is 2.13. The van der Waals surface area contributed by atoms with E-state index in [1.165, 1.54) is 0 Å². The summed E-state index contributed by atoms with van der Waals surface area (Å²) in [4.78, 5) is 19.2. The smallest absolute Gasteiger partial charge is 0.373 e. The lowest BCUT2D eigenvalue weighted by atomic mass is 10.2. The molecule has 0 atom stereocenters. The third-order valence-corrected chi connectivity index (χ3v) is 3.57. The van der Waals surface area contributed by atoms with Crippen molar-refractivity contribution in [1.82, 2.24) is 9.97 Å². The maximum Gasteiger partial charge on any atom is 0.373 e. The number of nitrogens with zero attached hydrogens (tertiary/aromatic N) is 2. The van der Waals surface area contributed by atoms with E-state index < -0.39 is 5.97 Å². The Morgan fingerprint density at radius 2 is 2.11 bits per heavy atom. The highest BCUT2D eigenvalue weighted by Crippen LogP contribution is 2.25. The first-order valence-electron chi connectivity index (χ1n) is 5.85. The van der Waals surface area contributed by atoms with E-state index in [1.807, 2.05) is 24.3 Å². The van der Waals surface area contributed by atoms with Crippen LogP contribution in [0.1, 0.15) is 30.4 Å². The molecular formula is C13H14N2O2S. The Morgan fingerprint density at radius 3 is 2.83 bits per heavy atom. The van der Waals surface area contributed by atoms with Crippen molar-refractivity contribution in [2.24, 2.45) is 0 Å². The number of hydrogen-bond acceptors (Lipinski definition) is 4. The van der Waals surface area contributed by atoms with E-state index >= 15 is 0 Å². The van der Waals surface area contributed by atoms with E-state index in [2.05, 4.69) is 16.9 Å². The quantitative estimate of drug-likeness (QED) is 0.509. The highest BCUT2D eigenvalue weighted by molar-refractivity contribution is 7.99. The molecule has 0 aliphatic carbocycles. The van der Waals surface area contributed by atoms with Crippen LogP contribution in [0.15, 0.2) is 29.3 Å². The largest absolute Gasteiger partial charge is 0.475 e. The van der Waals surface area contributed by atoms with Crippen LogP contribution in [0.2, 0.25) is 0 Å². The van der Waals surface area contributed by atoms with Gasteiger partial charge in [-0.25, -0.2) is 14.8 Å². The molecule has 0 unspecified atom stereocenters. The second kappa shape index (κ2) is 5.82. The number of carboxylic acids is 1. The molecule has 1 heterocycles. The number of rotatable bonds is 5. The van der Waals surface area contributed by atoms with E-state index in [9.17, 15) is 4.79 Å². The summed E-state index contributed by atoms with van der Waals surface area (Å²) in [6.07, 6.45) is 2.20. The zero-order chi connectivity index (χ0) is 13.0. The van der Waals surface area contributed by atoms with Gasteiger partial charge in [-0.1, -0.05) is 31.5 Å². The van der Waals surface area contributed by atoms with Crippen LogP contribution in [-0.4, -0.2) is 26.8 Å². The van der Waals surface area contributed by atoms with Gasteiger partial charge in [-0.2, -0.15) is 0 Å². The number of carbonyl (C=O) groups is 1. The second-order valence-electron chi connectivity index (χ2n) is 3.88. The standard InChI is InChI=1S/C13H14N2O2S/c1-2-3-8-18-12-9-6-4-5-7-10(9)14-11(15-12)13(16)17/h4-7H,2-3,8H2,1H3,(H,16,17). The minimum Gasteiger partial charge on any atom is -0.475 e. The minimum absolute atomic E-state index is 0.132. The van der Waals surface area contributed by atoms with Gasteiger partial charge in [-0.3, -0.25) is 0 Å². The van der Waals surface area contributed by atoms with Gasteiger partial charge in [0.15, 0.2) is 0 Å². The van der Waals surface area contributed by atoms with Crippen LogP contribution in [0.5, 0.6) is 0 Å². The van der Waals surface area contributed by atoms with Gasteiger partial charge in [-0.15, -0.1) is 11.8 Å². The normalized spacial score (nSPS) is 10.7. The lowest BCUT2D eigenvalue weighted by molar-refractivity contribution is 0.0683. The Bertz CT molecular complexity index is 572. The number of aromatic nitrogens is 2. The van der Waals surface area contributed by atoms with E-state index in [0.29, 0.717) is 5.52 Å². The van der Waals surface area contributed by atoms with Crippen LogP contribution < -0.4 is 0 Å². The van der Waals surface area contributed by atoms with Crippen molar-refractivity contribution < 1.29 is 9.90 Å². The molecule has 0 fully saturated rings. The van der Waals surface area contributed by atoms with Crippen LogP contribution in [0.25, 0.3) is 10.9 Å². The Morgan fingerprint density at radius 1 is 1.33 bits per heavy atom. The van der Waals surface area contributed by atoms with Crippen molar-refractivity contribution >= 4 is 28.6 Å². The first kappa shape index (κ1) is 12.8. The Kier molecular flexibility index (Phi) is 4.15. The summed E-state index contributed by atoms with van der Waals surface area (Å²) in [7, 11) is 0. The molecule has 1 N–H and O–H groups in total. The molecule has 0 aliphatic heterocycles. The average molecular weight is 262 g/mol. The Hall–Kier alpha value is -1.62. The van der Waals surface area contributed by atoms with Gasteiger partial charge in [0, 0.05) is 5.39 Å². The molecule has 0 aliphatic rings. The lowest BCUT2D eigenvalue weighted by Gasteiger charge is -2.05. The molecule has 1 aromatic heterocycles. The summed E-state index contributed by atoms with van der Waals surface area (Å²) >= 11 is 1.59. The fourth-order valence-corrected chi connectivity index (χ4v) is 2.67. The minimum atomic E-state index is -1.09. The molecule has 0 bridgehead atoms. The molecule has 5 heteroatoms. The van der Waals surface area contributed by atoms with Crippen molar-refractivity contribution in [3.63, 3.8) is 0 Å². The van der Waals surface area contributed by atoms with E-state index in [1.54, 1.807) is 11.8 Å². The molecule has 1 aromatic carbocycles. The summed E-state index contributed by atoms with van der Waals surface area (Å²) < 4.78 is 0. The summed E-state index contributed by atoms with van der Waals surface area (Å²) in [6, 6.07) is 7.50. The van der Waals surface area contributed by atoms with Gasteiger partial charge in [0.2, 0.25) is 5.82 Å². The molecule has 0 spiro atoms. The van der Waals surface area contributed by atoms with Crippen LogP contribution in [0.3, 0.4) is 0 Å². The van der Waals surface area contributed by atoms with Crippen molar-refractivity contribution in [3.8, 4) is 0 Å². The molecule has 0 saturated heterocycles. The maximum absolute atomic E-state index is 11.0. The van der Waals surface area contributed by atoms with Crippen molar-refractivity contribution in [3.05, 3.63) is 30.1 Å². The molecule has 94 valence electrons. The van der Waals surface area contributed by atoms with Gasteiger partial charge in [0.25, 0.3) is 0 Å². The van der Waals surface area contributed by atoms with E-state index in [-0.39, 0.29) is 5.82 Å². The van der Waals surface area contributed by atoms with Gasteiger partial charge in [0.05, 0.1) is 5.52 Å². The SMILES string of the molecule is CCCCSc1nc(C(=O)O)nc2ccccc12. The van der Waals surface area contributed by atoms with E-state index in [4.69, 9.17) is 5.11 Å². The lowest BCUT2D eigenvalue weighted by Crippen LogP contribution is -2.05. The maximum atomic E-state index is 11.0. The highest BCUT2D eigenvalue weighted by Gasteiger charge is 2.12. The zero-order valence-corrected chi connectivity index (χ0v) is 10.9. The van der Waals surface area contributed by atoms with Crippen LogP contribution in [0, 0.1) is 0 Å². The number of aromatic carboxylic acids is 1. The molecule has 2 rings (SSSR count). The Labute approximate surface area is 109 Å². The van der Waals surface area contributed by atoms with Crippen molar-refractivity contribution in [1.29, 1.82) is 0 Å². The third kappa shape index (κ3) is 2.79. The highest BCUT2D eigenvalue weighted by atomic mass is 32.2. The molecule has 18 heavy (non-hydrogen) atoms. The number of hydrogen-bond donors (Lipinski definition) is 1. The third-order valence-electron chi connectivity index (χ3n) is 2.50. The van der Waals surface area contributed by atoms with Crippen LogP contribution in [-0.2, 0) is 0 Å². The second-order valence-corrected chi connectivity index (χ2v) is 4.96. The molecular weight excluding hydrogens is 248 g/mol. The monoisotopic (exact) mass is 262 g/mol. The topological polar surface area (TPSA) is 63.1 Å². The number of unbranched alkanes of at least 4 members (excludes halogenated alkanes) is 1. The molecule has 0 saturated carbocycles. The molecule has 4 nitrogen and oxygen atoms in total. The van der Waals surface area contributed by atoms with Gasteiger partial charge in [-0.05, 0) is 18.2 Å². The fraction of sp³-hybridized carbons (Fsp3) is 0.308. The van der Waals surface area contributed by atoms with Gasteiger partial charge >= 0.3 is 5.97 Å². The molecule has 2 aromatic rings. The zero-order valence-electron chi connectivity index (χ0n) is 10.1. The van der Waals surface area contributed by atoms with E-state index in [0.717, 1.165) is 29.0 Å². The summed E-state index contributed by atoms with van der Waals surface area (Å²) in [5, 5.41) is 10.7. The predicted molar refractivity (Wildman–Crippen MR) is 72.1 cm³/mol. The summed E-state index contributed by atoms with van der Waals surface area (Å²) in [5.74, 6) is -0.276. The molecule has 0 radical (unpaired) electrons. The van der Waals surface area contributed by atoms with Gasteiger partial charge < -0.3 is 5.11 Å². The number of carboxylic acid groups (broad SMARTS) is 1. The molecule has 0 amide bonds. The number of thioether (sulfide) groups is 1. The van der Waals surface area contributed by atoms with Crippen LogP contribution >= 0.6 is 11.8 Å². The van der Waals surface area contributed by atoms with Gasteiger partial charge in [0.1, 0.15) is 5.03 Å². The number of fused-ring (bicyclic) bond motifs is 1. The average Bonchev–Trinajstić information content (AvgIpc) is 2.38. The van der Waals surface area contributed by atoms with Crippen molar-refractivity contribution in [2.45, 2.75) is 24.8 Å². The predicted octanol–water partition coefficient (Wildman–Crippen LogP) is 3.22. The first-order valence-corrected chi connectivity index (χ1v) is 6.84. The first-order chi connectivity index (χ1) is 8.72. The fourth-order valence-electron chi connectivity index (χ4n) is 1.57.